The molecule has 7 heteroatoms. The number of aliphatic imine (C=N–C) groups is 1. The molecule has 0 spiro atoms. The van der Waals surface area contributed by atoms with E-state index in [-0.39, 0.29) is 5.82 Å². The Morgan fingerprint density at radius 3 is 2.76 bits per heavy atom. The number of hydrogen-bond acceptors (Lipinski definition) is 5. The smallest absolute Gasteiger partial charge is 0.147 e. The lowest BCUT2D eigenvalue weighted by molar-refractivity contribution is 0.637. The van der Waals surface area contributed by atoms with Gasteiger partial charge in [-0.15, -0.1) is 0 Å². The van der Waals surface area contributed by atoms with Gasteiger partial charge in [-0.1, -0.05) is 18.2 Å². The molecule has 0 aliphatic rings. The first-order chi connectivity index (χ1) is 13.9. The Morgan fingerprint density at radius 2 is 2.03 bits per heavy atom. The number of benzene rings is 1. The second kappa shape index (κ2) is 8.68. The van der Waals surface area contributed by atoms with Crippen LogP contribution in [0.5, 0.6) is 0 Å². The number of aryl methyl sites for hydroxylation is 2. The van der Waals surface area contributed by atoms with Crippen molar-refractivity contribution in [1.29, 1.82) is 0 Å². The number of hydrogen-bond donors (Lipinski definition) is 3. The van der Waals surface area contributed by atoms with Gasteiger partial charge in [-0.25, -0.2) is 19.4 Å². The first kappa shape index (κ1) is 20.3. The summed E-state index contributed by atoms with van der Waals surface area (Å²) < 4.78 is 14.1. The van der Waals surface area contributed by atoms with Crippen molar-refractivity contribution in [2.24, 2.45) is 4.99 Å². The third kappa shape index (κ3) is 4.68. The average Bonchev–Trinajstić information content (AvgIpc) is 3.02. The standard InChI is InChI=1S/C22H25FN6/c1-13(2)10-18(24-5)29-20-11-19(26-12-27-20)25-9-8-16-15(4)28-22-17(23)7-6-14(3)21(16)22/h6-7,10-12,28H,1,5,8-9H2,2-4H3,(H2,25,26,27,29)/b18-10+. The molecule has 6 nitrogen and oxygen atoms in total. The zero-order chi connectivity index (χ0) is 21.0. The number of aromatic amines is 1. The number of rotatable bonds is 8. The van der Waals surface area contributed by atoms with Gasteiger partial charge < -0.3 is 15.6 Å². The Kier molecular flexibility index (Phi) is 6.07. The zero-order valence-electron chi connectivity index (χ0n) is 16.9. The number of halogens is 1. The third-order valence-corrected chi connectivity index (χ3v) is 4.59. The summed E-state index contributed by atoms with van der Waals surface area (Å²) >= 11 is 0. The average molecular weight is 392 g/mol. The van der Waals surface area contributed by atoms with Gasteiger partial charge in [-0.05, 0) is 57.2 Å². The molecule has 0 bridgehead atoms. The fourth-order valence-electron chi connectivity index (χ4n) is 3.28. The van der Waals surface area contributed by atoms with Crippen LogP contribution in [0.25, 0.3) is 10.9 Å². The van der Waals surface area contributed by atoms with Crippen LogP contribution in [0.2, 0.25) is 0 Å². The largest absolute Gasteiger partial charge is 0.370 e. The molecule has 2 heterocycles. The molecule has 0 atom stereocenters. The van der Waals surface area contributed by atoms with Crippen LogP contribution in [-0.2, 0) is 6.42 Å². The highest BCUT2D eigenvalue weighted by molar-refractivity contribution is 5.88. The van der Waals surface area contributed by atoms with E-state index >= 15 is 0 Å². The lowest BCUT2D eigenvalue weighted by Gasteiger charge is -2.09. The normalized spacial score (nSPS) is 11.5. The summed E-state index contributed by atoms with van der Waals surface area (Å²) in [5.41, 5.74) is 4.57. The van der Waals surface area contributed by atoms with Crippen molar-refractivity contribution in [2.45, 2.75) is 27.2 Å². The monoisotopic (exact) mass is 392 g/mol. The number of aromatic nitrogens is 3. The molecule has 0 radical (unpaired) electrons. The highest BCUT2D eigenvalue weighted by Gasteiger charge is 2.13. The van der Waals surface area contributed by atoms with Gasteiger partial charge in [0.05, 0.1) is 5.52 Å². The quantitative estimate of drug-likeness (QED) is 0.376. The number of nitrogens with zero attached hydrogens (tertiary/aromatic N) is 3. The Hall–Kier alpha value is -3.48. The van der Waals surface area contributed by atoms with Crippen molar-refractivity contribution in [1.82, 2.24) is 15.0 Å². The van der Waals surface area contributed by atoms with Crippen molar-refractivity contribution in [2.75, 3.05) is 17.2 Å². The fraction of sp³-hybridized carbons (Fsp3) is 0.227. The van der Waals surface area contributed by atoms with Gasteiger partial charge in [0, 0.05) is 23.7 Å². The minimum absolute atomic E-state index is 0.228. The zero-order valence-corrected chi connectivity index (χ0v) is 16.9. The number of H-pyrrole nitrogens is 1. The van der Waals surface area contributed by atoms with Crippen molar-refractivity contribution < 1.29 is 4.39 Å². The second-order valence-electron chi connectivity index (χ2n) is 6.97. The van der Waals surface area contributed by atoms with Crippen LogP contribution in [0.3, 0.4) is 0 Å². The topological polar surface area (TPSA) is 78.0 Å². The van der Waals surface area contributed by atoms with Gasteiger partial charge in [-0.2, -0.15) is 0 Å². The van der Waals surface area contributed by atoms with E-state index in [9.17, 15) is 4.39 Å². The minimum atomic E-state index is -0.228. The summed E-state index contributed by atoms with van der Waals surface area (Å²) in [6, 6.07) is 5.11. The van der Waals surface area contributed by atoms with E-state index in [0.717, 1.165) is 34.2 Å². The Labute approximate surface area is 169 Å². The maximum absolute atomic E-state index is 14.1. The van der Waals surface area contributed by atoms with Gasteiger partial charge in [-0.3, -0.25) is 0 Å². The molecule has 1 aromatic carbocycles. The highest BCUT2D eigenvalue weighted by atomic mass is 19.1. The summed E-state index contributed by atoms with van der Waals surface area (Å²) in [5, 5.41) is 7.34. The van der Waals surface area contributed by atoms with Gasteiger partial charge >= 0.3 is 0 Å². The fourth-order valence-corrected chi connectivity index (χ4v) is 3.28. The van der Waals surface area contributed by atoms with E-state index in [4.69, 9.17) is 0 Å². The number of nitrogens with one attached hydrogen (secondary N) is 3. The molecular weight excluding hydrogens is 367 g/mol. The van der Waals surface area contributed by atoms with Crippen molar-refractivity contribution in [3.8, 4) is 0 Å². The molecular formula is C22H25FN6. The van der Waals surface area contributed by atoms with Gasteiger partial charge in [0.2, 0.25) is 0 Å². The molecule has 29 heavy (non-hydrogen) atoms. The SMILES string of the molecule is C=N/C(=C\C(=C)C)Nc1cc(NCCc2c(C)[nH]c3c(F)ccc(C)c23)ncn1. The molecule has 0 saturated carbocycles. The Morgan fingerprint density at radius 1 is 1.28 bits per heavy atom. The summed E-state index contributed by atoms with van der Waals surface area (Å²) in [7, 11) is 0. The number of allylic oxidation sites excluding steroid dienone is 2. The van der Waals surface area contributed by atoms with Gasteiger partial charge in [0.15, 0.2) is 0 Å². The molecule has 3 N–H and O–H groups in total. The van der Waals surface area contributed by atoms with Crippen LogP contribution in [-0.4, -0.2) is 28.2 Å². The van der Waals surface area contributed by atoms with Crippen molar-refractivity contribution >= 4 is 29.3 Å². The first-order valence-corrected chi connectivity index (χ1v) is 9.32. The van der Waals surface area contributed by atoms with Crippen LogP contribution < -0.4 is 10.6 Å². The van der Waals surface area contributed by atoms with E-state index in [0.29, 0.717) is 29.5 Å². The first-order valence-electron chi connectivity index (χ1n) is 9.32. The van der Waals surface area contributed by atoms with E-state index in [1.807, 2.05) is 26.8 Å². The molecule has 150 valence electrons. The van der Waals surface area contributed by atoms with Crippen LogP contribution in [0.4, 0.5) is 16.0 Å². The molecule has 0 aliphatic carbocycles. The van der Waals surface area contributed by atoms with E-state index < -0.39 is 0 Å². The van der Waals surface area contributed by atoms with E-state index in [2.05, 4.69) is 43.9 Å². The van der Waals surface area contributed by atoms with Crippen LogP contribution in [0, 0.1) is 19.7 Å². The summed E-state index contributed by atoms with van der Waals surface area (Å²) in [6.07, 6.45) is 3.99. The number of fused-ring (bicyclic) bond motifs is 1. The van der Waals surface area contributed by atoms with Crippen LogP contribution in [0.15, 0.2) is 53.6 Å². The minimum Gasteiger partial charge on any atom is -0.370 e. The number of anilines is 2. The molecule has 0 saturated heterocycles. The second-order valence-corrected chi connectivity index (χ2v) is 6.97. The molecule has 0 fully saturated rings. The summed E-state index contributed by atoms with van der Waals surface area (Å²) in [4.78, 5) is 15.6. The lowest BCUT2D eigenvalue weighted by atomic mass is 10.0. The maximum atomic E-state index is 14.1. The summed E-state index contributed by atoms with van der Waals surface area (Å²) in [5.74, 6) is 1.62. The molecule has 0 unspecified atom stereocenters. The van der Waals surface area contributed by atoms with Crippen LogP contribution >= 0.6 is 0 Å². The Bertz CT molecular complexity index is 1100. The Balaban J connectivity index is 1.71. The molecule has 0 aliphatic heterocycles. The van der Waals surface area contributed by atoms with Gasteiger partial charge in [0.1, 0.15) is 29.6 Å². The molecule has 3 rings (SSSR count). The third-order valence-electron chi connectivity index (χ3n) is 4.59. The molecule has 3 aromatic rings. The van der Waals surface area contributed by atoms with Crippen molar-refractivity contribution in [3.05, 3.63) is 71.2 Å². The lowest BCUT2D eigenvalue weighted by Crippen LogP contribution is -2.08. The molecule has 2 aromatic heterocycles. The van der Waals surface area contributed by atoms with Gasteiger partial charge in [0.25, 0.3) is 0 Å². The van der Waals surface area contributed by atoms with E-state index in [1.54, 1.807) is 12.1 Å². The highest BCUT2D eigenvalue weighted by Crippen LogP contribution is 2.28. The van der Waals surface area contributed by atoms with Crippen molar-refractivity contribution in [3.63, 3.8) is 0 Å². The summed E-state index contributed by atoms with van der Waals surface area (Å²) in [6.45, 7) is 13.9. The van der Waals surface area contributed by atoms with E-state index in [1.165, 1.54) is 12.4 Å². The maximum Gasteiger partial charge on any atom is 0.147 e. The predicted molar refractivity (Wildman–Crippen MR) is 118 cm³/mol. The molecule has 0 amide bonds. The predicted octanol–water partition coefficient (Wildman–Crippen LogP) is 4.90. The van der Waals surface area contributed by atoms with Crippen LogP contribution in [0.1, 0.15) is 23.7 Å².